The van der Waals surface area contributed by atoms with Crippen LogP contribution in [0.2, 0.25) is 18.1 Å². The molecule has 6 heteroatoms. The van der Waals surface area contributed by atoms with E-state index in [0.29, 0.717) is 0 Å². The van der Waals surface area contributed by atoms with Crippen molar-refractivity contribution < 1.29 is 25.2 Å². The predicted octanol–water partition coefficient (Wildman–Crippen LogP) is 0.614. The maximum absolute atomic E-state index is 10.8. The van der Waals surface area contributed by atoms with Crippen molar-refractivity contribution in [3.63, 3.8) is 0 Å². The van der Waals surface area contributed by atoms with Crippen LogP contribution in [0.3, 0.4) is 0 Å². The molecule has 2 fully saturated rings. The fraction of sp³-hybridized carbons (Fsp3) is 1.00. The van der Waals surface area contributed by atoms with Crippen LogP contribution in [0, 0.1) is 5.41 Å². The first-order chi connectivity index (χ1) is 8.67. The highest BCUT2D eigenvalue weighted by atomic mass is 28.3. The lowest BCUT2D eigenvalue weighted by Crippen LogP contribution is -2.59. The fourth-order valence-corrected chi connectivity index (χ4v) is 5.39. The summed E-state index contributed by atoms with van der Waals surface area (Å²) in [7, 11) is -2.21. The van der Waals surface area contributed by atoms with Crippen molar-refractivity contribution in [1.82, 2.24) is 0 Å². The molecule has 1 heterocycles. The first-order valence-corrected chi connectivity index (χ1v) is 10.2. The zero-order valence-electron chi connectivity index (χ0n) is 13.4. The maximum atomic E-state index is 10.8. The van der Waals surface area contributed by atoms with Gasteiger partial charge in [0.15, 0.2) is 11.9 Å². The second-order valence-electron chi connectivity index (χ2n) is 8.48. The van der Waals surface area contributed by atoms with Crippen LogP contribution in [-0.2, 0) is 4.74 Å². The van der Waals surface area contributed by atoms with Crippen LogP contribution in [-0.4, -0.2) is 57.8 Å². The molecule has 1 saturated heterocycles. The number of aliphatic hydroxyl groups is 4. The summed E-state index contributed by atoms with van der Waals surface area (Å²) in [4.78, 5) is 0. The molecule has 5 atom stereocenters. The average Bonchev–Trinajstić information content (AvgIpc) is 2.52. The SMILES string of the molecule is CC1(C)[C@]2(O)C(O)O[C@@H](C(O)[Si](C)(C)C(C)(C)C)[C@]12O. The molecule has 0 radical (unpaired) electrons. The summed E-state index contributed by atoms with van der Waals surface area (Å²) in [5.41, 5.74) is -5.08. The van der Waals surface area contributed by atoms with Gasteiger partial charge >= 0.3 is 0 Å². The van der Waals surface area contributed by atoms with Gasteiger partial charge in [-0.3, -0.25) is 0 Å². The van der Waals surface area contributed by atoms with E-state index in [0.717, 1.165) is 0 Å². The average molecular weight is 304 g/mol. The summed E-state index contributed by atoms with van der Waals surface area (Å²) in [5.74, 6) is 0. The summed E-state index contributed by atoms with van der Waals surface area (Å²) >= 11 is 0. The van der Waals surface area contributed by atoms with E-state index in [1.54, 1.807) is 13.8 Å². The minimum atomic E-state index is -2.21. The molecule has 118 valence electrons. The Hall–Kier alpha value is 0.0169. The van der Waals surface area contributed by atoms with Gasteiger partial charge in [-0.25, -0.2) is 0 Å². The normalized spacial score (nSPS) is 45.1. The highest BCUT2D eigenvalue weighted by Crippen LogP contribution is 2.73. The molecule has 20 heavy (non-hydrogen) atoms. The zero-order chi connectivity index (χ0) is 15.9. The molecule has 2 rings (SSSR count). The summed E-state index contributed by atoms with van der Waals surface area (Å²) in [6.07, 6.45) is -2.43. The lowest BCUT2D eigenvalue weighted by atomic mass is 10.0. The van der Waals surface area contributed by atoms with Gasteiger partial charge in [0.05, 0.1) is 13.8 Å². The van der Waals surface area contributed by atoms with E-state index < -0.39 is 42.8 Å². The Bertz CT molecular complexity index is 430. The molecule has 1 aliphatic heterocycles. The molecule has 5 nitrogen and oxygen atoms in total. The van der Waals surface area contributed by atoms with Gasteiger partial charge in [0.1, 0.15) is 11.7 Å². The monoisotopic (exact) mass is 304 g/mol. The third-order valence-corrected chi connectivity index (χ3v) is 12.1. The van der Waals surface area contributed by atoms with E-state index in [1.165, 1.54) is 0 Å². The number of aliphatic hydroxyl groups excluding tert-OH is 2. The minimum absolute atomic E-state index is 0.100. The minimum Gasteiger partial charge on any atom is -0.394 e. The molecule has 1 saturated carbocycles. The summed E-state index contributed by atoms with van der Waals surface area (Å²) in [6, 6.07) is 0. The number of hydrogen-bond donors (Lipinski definition) is 4. The molecule has 4 N–H and O–H groups in total. The van der Waals surface area contributed by atoms with E-state index >= 15 is 0 Å². The van der Waals surface area contributed by atoms with Crippen LogP contribution in [0.25, 0.3) is 0 Å². The van der Waals surface area contributed by atoms with Crippen LogP contribution in [0.1, 0.15) is 34.6 Å². The molecule has 2 aliphatic rings. The van der Waals surface area contributed by atoms with Crippen molar-refractivity contribution in [3.8, 4) is 0 Å². The van der Waals surface area contributed by atoms with Gasteiger partial charge in [-0.15, -0.1) is 0 Å². The number of fused-ring (bicyclic) bond motifs is 1. The van der Waals surface area contributed by atoms with Crippen molar-refractivity contribution in [3.05, 3.63) is 0 Å². The Morgan fingerprint density at radius 2 is 1.55 bits per heavy atom. The number of rotatable bonds is 2. The maximum Gasteiger partial charge on any atom is 0.187 e. The molecule has 2 unspecified atom stereocenters. The van der Waals surface area contributed by atoms with E-state index in [9.17, 15) is 20.4 Å². The highest BCUT2D eigenvalue weighted by Gasteiger charge is 2.93. The highest BCUT2D eigenvalue weighted by molar-refractivity contribution is 6.81. The summed E-state index contributed by atoms with van der Waals surface area (Å²) in [6.45, 7) is 13.6. The van der Waals surface area contributed by atoms with Gasteiger partial charge in [-0.2, -0.15) is 0 Å². The Morgan fingerprint density at radius 1 is 1.10 bits per heavy atom. The second-order valence-corrected chi connectivity index (χ2v) is 14.0. The van der Waals surface area contributed by atoms with Crippen LogP contribution in [0.15, 0.2) is 0 Å². The van der Waals surface area contributed by atoms with Gasteiger partial charge in [0, 0.05) is 5.41 Å². The molecular weight excluding hydrogens is 276 g/mol. The molecule has 0 aromatic carbocycles. The lowest BCUT2D eigenvalue weighted by molar-refractivity contribution is -0.190. The lowest BCUT2D eigenvalue weighted by Gasteiger charge is -2.44. The smallest absolute Gasteiger partial charge is 0.187 e. The summed E-state index contributed by atoms with van der Waals surface area (Å²) < 4.78 is 5.35. The molecular formula is C14H28O5Si. The van der Waals surface area contributed by atoms with Gasteiger partial charge in [0.25, 0.3) is 0 Å². The molecule has 0 amide bonds. The van der Waals surface area contributed by atoms with Gasteiger partial charge in [0.2, 0.25) is 0 Å². The molecule has 1 aliphatic carbocycles. The topological polar surface area (TPSA) is 90.2 Å². The van der Waals surface area contributed by atoms with Crippen molar-refractivity contribution in [2.24, 2.45) is 5.41 Å². The van der Waals surface area contributed by atoms with E-state index in [4.69, 9.17) is 4.74 Å². The Kier molecular flexibility index (Phi) is 3.16. The Labute approximate surface area is 121 Å². The Balaban J connectivity index is 2.37. The first kappa shape index (κ1) is 16.4. The fourth-order valence-electron chi connectivity index (χ4n) is 3.43. The standard InChI is InChI=1S/C14H28O5Si/c1-11(2,3)20(6,7)9(15)8-13(17)12(4,5)14(13,18)10(16)19-8/h8-10,15-18H,1-7H3/t8-,9?,10?,13-,14+/m0/s1. The second kappa shape index (κ2) is 3.85. The first-order valence-electron chi connectivity index (χ1n) is 7.13. The predicted molar refractivity (Wildman–Crippen MR) is 77.8 cm³/mol. The van der Waals surface area contributed by atoms with Crippen LogP contribution < -0.4 is 0 Å². The number of hydrogen-bond acceptors (Lipinski definition) is 5. The summed E-state index contributed by atoms with van der Waals surface area (Å²) in [5, 5.41) is 42.0. The Morgan fingerprint density at radius 3 is 1.85 bits per heavy atom. The van der Waals surface area contributed by atoms with Crippen LogP contribution in [0.4, 0.5) is 0 Å². The van der Waals surface area contributed by atoms with Crippen LogP contribution >= 0.6 is 0 Å². The van der Waals surface area contributed by atoms with Gasteiger partial charge < -0.3 is 25.2 Å². The van der Waals surface area contributed by atoms with Crippen molar-refractivity contribution in [2.45, 2.75) is 82.1 Å². The van der Waals surface area contributed by atoms with E-state index in [2.05, 4.69) is 20.8 Å². The largest absolute Gasteiger partial charge is 0.394 e. The zero-order valence-corrected chi connectivity index (χ0v) is 14.4. The van der Waals surface area contributed by atoms with Crippen molar-refractivity contribution >= 4 is 8.07 Å². The van der Waals surface area contributed by atoms with Gasteiger partial charge in [-0.05, 0) is 5.04 Å². The number of ether oxygens (including phenoxy) is 1. The molecule has 0 aromatic rings. The van der Waals surface area contributed by atoms with Crippen molar-refractivity contribution in [1.29, 1.82) is 0 Å². The van der Waals surface area contributed by atoms with Crippen molar-refractivity contribution in [2.75, 3.05) is 0 Å². The quantitative estimate of drug-likeness (QED) is 0.561. The molecule has 0 spiro atoms. The molecule has 0 aromatic heterocycles. The van der Waals surface area contributed by atoms with E-state index in [-0.39, 0.29) is 5.04 Å². The third kappa shape index (κ3) is 1.45. The third-order valence-electron chi connectivity index (χ3n) is 6.43. The van der Waals surface area contributed by atoms with Crippen LogP contribution in [0.5, 0.6) is 0 Å². The molecule has 0 bridgehead atoms. The van der Waals surface area contributed by atoms with E-state index in [1.807, 2.05) is 13.1 Å². The van der Waals surface area contributed by atoms with Gasteiger partial charge in [-0.1, -0.05) is 47.7 Å².